The largest absolute Gasteiger partial charge is 1.00 e. The van der Waals surface area contributed by atoms with E-state index in [4.69, 9.17) is 10.00 Å². The molecule has 0 radical (unpaired) electrons. The standard InChI is InChI=1S/C2H5O6P.K/c3-2(4)1-8-9(5,6)7;/h1H2,(H,3,4)(H2,5,6,7);/q;+1/p-1. The molecular weight excluding hydrogens is 190 g/mol. The summed E-state index contributed by atoms with van der Waals surface area (Å²) in [6, 6.07) is 0. The van der Waals surface area contributed by atoms with Crippen LogP contribution in [-0.4, -0.2) is 22.6 Å². The second-order valence-corrected chi connectivity index (χ2v) is 2.33. The quantitative estimate of drug-likeness (QED) is 0.346. The molecule has 0 aliphatic carbocycles. The third-order valence-electron chi connectivity index (χ3n) is 0.351. The molecule has 0 saturated heterocycles. The molecular formula is C2H4KO6P. The van der Waals surface area contributed by atoms with Crippen LogP contribution in [0.5, 0.6) is 0 Å². The van der Waals surface area contributed by atoms with Crippen molar-refractivity contribution in [2.45, 2.75) is 0 Å². The van der Waals surface area contributed by atoms with E-state index in [-0.39, 0.29) is 51.4 Å². The van der Waals surface area contributed by atoms with Crippen LogP contribution in [0.3, 0.4) is 0 Å². The summed E-state index contributed by atoms with van der Waals surface area (Å²) in [5, 5.41) is 7.78. The van der Waals surface area contributed by atoms with Crippen LogP contribution in [0.25, 0.3) is 0 Å². The van der Waals surface area contributed by atoms with Gasteiger partial charge in [-0.1, -0.05) is 0 Å². The molecule has 0 saturated carbocycles. The third kappa shape index (κ3) is 11.9. The van der Waals surface area contributed by atoms with Gasteiger partial charge in [0.05, 0.1) is 0 Å². The van der Waals surface area contributed by atoms with Gasteiger partial charge >= 0.3 is 57.4 Å². The normalized spacial score (nSPS) is 15.0. The van der Waals surface area contributed by atoms with Gasteiger partial charge in [-0.2, -0.15) is 0 Å². The minimum Gasteiger partial charge on any atom is -0.756 e. The summed E-state index contributed by atoms with van der Waals surface area (Å²) in [6.45, 7) is -1.04. The number of phosphoric acid groups is 1. The van der Waals surface area contributed by atoms with Crippen molar-refractivity contribution in [2.75, 3.05) is 6.61 Å². The maximum Gasteiger partial charge on any atom is 1.00 e. The Morgan fingerprint density at radius 2 is 2.10 bits per heavy atom. The van der Waals surface area contributed by atoms with Gasteiger partial charge in [0.25, 0.3) is 7.82 Å². The van der Waals surface area contributed by atoms with Crippen molar-refractivity contribution in [1.29, 1.82) is 0 Å². The molecule has 0 aromatic carbocycles. The van der Waals surface area contributed by atoms with E-state index in [1.54, 1.807) is 0 Å². The van der Waals surface area contributed by atoms with Gasteiger partial charge < -0.3 is 19.4 Å². The number of hydrogen-bond acceptors (Lipinski definition) is 4. The number of carbonyl (C=O) groups is 1. The minimum atomic E-state index is -4.85. The molecule has 0 aliphatic heterocycles. The minimum absolute atomic E-state index is 0. The SMILES string of the molecule is O=C(O)COP(=O)([O-])O.[K+]. The zero-order valence-electron chi connectivity index (χ0n) is 5.18. The first kappa shape index (κ1) is 13.8. The van der Waals surface area contributed by atoms with E-state index in [0.717, 1.165) is 0 Å². The fourth-order valence-electron chi connectivity index (χ4n) is 0.137. The van der Waals surface area contributed by atoms with Crippen molar-refractivity contribution in [3.05, 3.63) is 0 Å². The van der Waals surface area contributed by atoms with Gasteiger partial charge in [-0.25, -0.2) is 4.79 Å². The second-order valence-electron chi connectivity index (χ2n) is 1.14. The number of carboxylic acid groups (broad SMARTS) is 1. The van der Waals surface area contributed by atoms with Crippen molar-refractivity contribution in [1.82, 2.24) is 0 Å². The van der Waals surface area contributed by atoms with Crippen molar-refractivity contribution in [3.63, 3.8) is 0 Å². The molecule has 54 valence electrons. The zero-order valence-corrected chi connectivity index (χ0v) is 9.20. The Kier molecular flexibility index (Phi) is 8.01. The predicted molar refractivity (Wildman–Crippen MR) is 23.4 cm³/mol. The molecule has 0 rings (SSSR count). The zero-order chi connectivity index (χ0) is 7.49. The number of hydrogen-bond donors (Lipinski definition) is 2. The smallest absolute Gasteiger partial charge is 0.756 e. The maximum atomic E-state index is 9.63. The first-order valence-corrected chi connectivity index (χ1v) is 3.31. The summed E-state index contributed by atoms with van der Waals surface area (Å²) in [5.74, 6) is -1.46. The second kappa shape index (κ2) is 5.81. The van der Waals surface area contributed by atoms with E-state index in [1.807, 2.05) is 0 Å². The van der Waals surface area contributed by atoms with Crippen LogP contribution >= 0.6 is 7.82 Å². The van der Waals surface area contributed by atoms with Crippen LogP contribution in [0.2, 0.25) is 0 Å². The molecule has 2 N–H and O–H groups in total. The first-order chi connectivity index (χ1) is 3.92. The van der Waals surface area contributed by atoms with Gasteiger partial charge in [0.2, 0.25) is 0 Å². The topological polar surface area (TPSA) is 107 Å². The Hall–Kier alpha value is 1.22. The van der Waals surface area contributed by atoms with Crippen LogP contribution in [-0.2, 0) is 13.9 Å². The Morgan fingerprint density at radius 1 is 1.70 bits per heavy atom. The summed E-state index contributed by atoms with van der Waals surface area (Å²) in [7, 11) is -4.85. The van der Waals surface area contributed by atoms with Crippen molar-refractivity contribution < 1.29 is 80.2 Å². The molecule has 0 heterocycles. The first-order valence-electron chi connectivity index (χ1n) is 1.82. The fraction of sp³-hybridized carbons (Fsp3) is 0.500. The predicted octanol–water partition coefficient (Wildman–Crippen LogP) is -4.45. The van der Waals surface area contributed by atoms with Crippen molar-refractivity contribution in [3.8, 4) is 0 Å². The fourth-order valence-corrected chi connectivity index (χ4v) is 0.410. The van der Waals surface area contributed by atoms with Crippen LogP contribution < -0.4 is 56.3 Å². The molecule has 1 unspecified atom stereocenters. The van der Waals surface area contributed by atoms with E-state index in [0.29, 0.717) is 0 Å². The summed E-state index contributed by atoms with van der Waals surface area (Å²) < 4.78 is 13.1. The summed E-state index contributed by atoms with van der Waals surface area (Å²) >= 11 is 0. The van der Waals surface area contributed by atoms with Crippen LogP contribution in [0.1, 0.15) is 0 Å². The number of carboxylic acids is 1. The number of rotatable bonds is 3. The van der Waals surface area contributed by atoms with Gasteiger partial charge in [0, 0.05) is 0 Å². The average molecular weight is 194 g/mol. The average Bonchev–Trinajstić information content (AvgIpc) is 1.59. The van der Waals surface area contributed by atoms with E-state index < -0.39 is 20.4 Å². The van der Waals surface area contributed by atoms with E-state index in [2.05, 4.69) is 4.52 Å². The molecule has 10 heavy (non-hydrogen) atoms. The van der Waals surface area contributed by atoms with Gasteiger partial charge in [-0.05, 0) is 0 Å². The molecule has 0 spiro atoms. The van der Waals surface area contributed by atoms with Crippen LogP contribution in [0.4, 0.5) is 0 Å². The Bertz CT molecular complexity index is 150. The van der Waals surface area contributed by atoms with Gasteiger partial charge in [0.1, 0.15) is 0 Å². The van der Waals surface area contributed by atoms with Crippen LogP contribution in [0.15, 0.2) is 0 Å². The van der Waals surface area contributed by atoms with Crippen molar-refractivity contribution in [2.24, 2.45) is 0 Å². The summed E-state index contributed by atoms with van der Waals surface area (Å²) in [5.41, 5.74) is 0. The molecule has 0 fully saturated rings. The molecule has 1 atom stereocenters. The molecule has 0 aliphatic rings. The number of phosphoric ester groups is 1. The third-order valence-corrected chi connectivity index (χ3v) is 0.807. The maximum absolute atomic E-state index is 9.63. The van der Waals surface area contributed by atoms with E-state index >= 15 is 0 Å². The van der Waals surface area contributed by atoms with Crippen molar-refractivity contribution >= 4 is 13.8 Å². The van der Waals surface area contributed by atoms with E-state index in [9.17, 15) is 14.3 Å². The van der Waals surface area contributed by atoms with Gasteiger partial charge in [-0.15, -0.1) is 0 Å². The molecule has 6 nitrogen and oxygen atoms in total. The summed E-state index contributed by atoms with van der Waals surface area (Å²) in [4.78, 5) is 27.0. The molecule has 0 amide bonds. The Balaban J connectivity index is 0. The molecule has 0 aromatic rings. The van der Waals surface area contributed by atoms with E-state index in [1.165, 1.54) is 0 Å². The Labute approximate surface area is 99.2 Å². The van der Waals surface area contributed by atoms with Gasteiger partial charge in [0.15, 0.2) is 6.61 Å². The molecule has 0 bridgehead atoms. The monoisotopic (exact) mass is 194 g/mol. The Morgan fingerprint density at radius 3 is 2.20 bits per heavy atom. The molecule has 0 aromatic heterocycles. The summed E-state index contributed by atoms with van der Waals surface area (Å²) in [6.07, 6.45) is 0. The number of aliphatic carboxylic acids is 1. The molecule has 8 heteroatoms. The van der Waals surface area contributed by atoms with Crippen LogP contribution in [0, 0.1) is 0 Å². The van der Waals surface area contributed by atoms with Gasteiger partial charge in [-0.3, -0.25) is 4.57 Å².